The standard InChI is InChI=1S/C11H20N2O2/c1-3-10(14)8(2)13-6-4-5-9(7-13)11(12)15/h8-9H,3-7H2,1-2H3,(H2,12,15). The Labute approximate surface area is 90.8 Å². The predicted octanol–water partition coefficient (Wildman–Crippen LogP) is 0.551. The van der Waals surface area contributed by atoms with Crippen LogP contribution in [0.4, 0.5) is 0 Å². The van der Waals surface area contributed by atoms with E-state index in [0.29, 0.717) is 13.0 Å². The molecule has 0 aliphatic carbocycles. The highest BCUT2D eigenvalue weighted by atomic mass is 16.1. The van der Waals surface area contributed by atoms with Gasteiger partial charge in [0.2, 0.25) is 5.91 Å². The minimum absolute atomic E-state index is 0.0721. The quantitative estimate of drug-likeness (QED) is 0.740. The molecule has 4 nitrogen and oxygen atoms in total. The van der Waals surface area contributed by atoms with Crippen LogP contribution in [-0.4, -0.2) is 35.7 Å². The second-order valence-corrected chi connectivity index (χ2v) is 4.23. The zero-order valence-electron chi connectivity index (χ0n) is 9.53. The number of amides is 1. The molecule has 1 saturated heterocycles. The lowest BCUT2D eigenvalue weighted by atomic mass is 9.95. The van der Waals surface area contributed by atoms with Crippen LogP contribution in [0.1, 0.15) is 33.1 Å². The third-order valence-corrected chi connectivity index (χ3v) is 3.22. The largest absolute Gasteiger partial charge is 0.369 e. The lowest BCUT2D eigenvalue weighted by molar-refractivity contribution is -0.128. The van der Waals surface area contributed by atoms with Crippen molar-refractivity contribution in [2.45, 2.75) is 39.2 Å². The van der Waals surface area contributed by atoms with Crippen molar-refractivity contribution in [3.63, 3.8) is 0 Å². The van der Waals surface area contributed by atoms with Gasteiger partial charge in [0.25, 0.3) is 0 Å². The molecule has 0 aromatic heterocycles. The summed E-state index contributed by atoms with van der Waals surface area (Å²) < 4.78 is 0. The Morgan fingerprint density at radius 3 is 2.73 bits per heavy atom. The van der Waals surface area contributed by atoms with Gasteiger partial charge in [-0.15, -0.1) is 0 Å². The van der Waals surface area contributed by atoms with Crippen molar-refractivity contribution in [3.05, 3.63) is 0 Å². The van der Waals surface area contributed by atoms with E-state index in [1.165, 1.54) is 0 Å². The first kappa shape index (κ1) is 12.2. The first-order chi connectivity index (χ1) is 7.06. The fraction of sp³-hybridized carbons (Fsp3) is 0.818. The number of piperidine rings is 1. The number of nitrogens with two attached hydrogens (primary N) is 1. The summed E-state index contributed by atoms with van der Waals surface area (Å²) in [7, 11) is 0. The molecule has 1 fully saturated rings. The number of ketones is 1. The van der Waals surface area contributed by atoms with Crippen LogP contribution in [0.5, 0.6) is 0 Å². The Kier molecular flexibility index (Phi) is 4.27. The van der Waals surface area contributed by atoms with E-state index >= 15 is 0 Å². The van der Waals surface area contributed by atoms with Gasteiger partial charge < -0.3 is 5.73 Å². The molecule has 0 saturated carbocycles. The molecule has 0 radical (unpaired) electrons. The van der Waals surface area contributed by atoms with Crippen molar-refractivity contribution in [2.75, 3.05) is 13.1 Å². The molecule has 15 heavy (non-hydrogen) atoms. The van der Waals surface area contributed by atoms with Crippen LogP contribution in [-0.2, 0) is 9.59 Å². The molecule has 0 aromatic carbocycles. The van der Waals surface area contributed by atoms with Gasteiger partial charge in [0.05, 0.1) is 12.0 Å². The van der Waals surface area contributed by atoms with Crippen LogP contribution in [0, 0.1) is 5.92 Å². The molecule has 1 aliphatic rings. The first-order valence-electron chi connectivity index (χ1n) is 5.62. The van der Waals surface area contributed by atoms with E-state index in [9.17, 15) is 9.59 Å². The maximum absolute atomic E-state index is 11.5. The maximum Gasteiger partial charge on any atom is 0.221 e. The van der Waals surface area contributed by atoms with Crippen molar-refractivity contribution >= 4 is 11.7 Å². The lowest BCUT2D eigenvalue weighted by Gasteiger charge is -2.34. The molecule has 2 atom stereocenters. The number of Topliss-reactive ketones (excluding diaryl/α,β-unsaturated/α-hetero) is 1. The molecule has 0 spiro atoms. The molecule has 0 aromatic rings. The van der Waals surface area contributed by atoms with Gasteiger partial charge in [0.15, 0.2) is 0 Å². The summed E-state index contributed by atoms with van der Waals surface area (Å²) in [6.07, 6.45) is 2.37. The fourth-order valence-corrected chi connectivity index (χ4v) is 2.09. The molecule has 1 amide bonds. The van der Waals surface area contributed by atoms with Crippen LogP contribution in [0.3, 0.4) is 0 Å². The van der Waals surface area contributed by atoms with Crippen LogP contribution < -0.4 is 5.73 Å². The van der Waals surface area contributed by atoms with E-state index in [1.807, 2.05) is 13.8 Å². The molecule has 1 rings (SSSR count). The summed E-state index contributed by atoms with van der Waals surface area (Å²) >= 11 is 0. The lowest BCUT2D eigenvalue weighted by Crippen LogP contribution is -2.47. The zero-order valence-corrected chi connectivity index (χ0v) is 9.53. The molecule has 1 aliphatic heterocycles. The number of hydrogen-bond acceptors (Lipinski definition) is 3. The first-order valence-corrected chi connectivity index (χ1v) is 5.62. The van der Waals surface area contributed by atoms with Gasteiger partial charge in [-0.05, 0) is 26.3 Å². The number of likely N-dealkylation sites (tertiary alicyclic amines) is 1. The van der Waals surface area contributed by atoms with E-state index in [2.05, 4.69) is 4.90 Å². The van der Waals surface area contributed by atoms with Crippen LogP contribution in [0.2, 0.25) is 0 Å². The minimum atomic E-state index is -0.240. The molecule has 4 heteroatoms. The fourth-order valence-electron chi connectivity index (χ4n) is 2.09. The smallest absolute Gasteiger partial charge is 0.221 e. The number of carbonyl (C=O) groups is 2. The second-order valence-electron chi connectivity index (χ2n) is 4.23. The van der Waals surface area contributed by atoms with E-state index in [0.717, 1.165) is 19.4 Å². The summed E-state index contributed by atoms with van der Waals surface area (Å²) in [4.78, 5) is 24.7. The highest BCUT2D eigenvalue weighted by Crippen LogP contribution is 2.18. The molecular weight excluding hydrogens is 192 g/mol. The third-order valence-electron chi connectivity index (χ3n) is 3.22. The topological polar surface area (TPSA) is 63.4 Å². The summed E-state index contributed by atoms with van der Waals surface area (Å²) in [6.45, 7) is 5.32. The number of carbonyl (C=O) groups excluding carboxylic acids is 2. The molecule has 2 unspecified atom stereocenters. The minimum Gasteiger partial charge on any atom is -0.369 e. The Morgan fingerprint density at radius 2 is 2.20 bits per heavy atom. The zero-order chi connectivity index (χ0) is 11.4. The maximum atomic E-state index is 11.5. The van der Waals surface area contributed by atoms with Crippen molar-refractivity contribution in [2.24, 2.45) is 11.7 Å². The average Bonchev–Trinajstić information content (AvgIpc) is 2.27. The Hall–Kier alpha value is -0.900. The van der Waals surface area contributed by atoms with Gasteiger partial charge in [0, 0.05) is 13.0 Å². The number of rotatable bonds is 4. The van der Waals surface area contributed by atoms with Crippen molar-refractivity contribution in [3.8, 4) is 0 Å². The highest BCUT2D eigenvalue weighted by Gasteiger charge is 2.28. The van der Waals surface area contributed by atoms with Crippen molar-refractivity contribution in [1.29, 1.82) is 0 Å². The molecular formula is C11H20N2O2. The van der Waals surface area contributed by atoms with Crippen molar-refractivity contribution in [1.82, 2.24) is 4.90 Å². The van der Waals surface area contributed by atoms with Gasteiger partial charge in [0.1, 0.15) is 5.78 Å². The number of hydrogen-bond donors (Lipinski definition) is 1. The second kappa shape index (κ2) is 5.26. The normalized spacial score (nSPS) is 24.8. The molecule has 0 bridgehead atoms. The monoisotopic (exact) mass is 212 g/mol. The molecule has 86 valence electrons. The number of nitrogens with zero attached hydrogens (tertiary/aromatic N) is 1. The average molecular weight is 212 g/mol. The van der Waals surface area contributed by atoms with Gasteiger partial charge in [-0.3, -0.25) is 14.5 Å². The predicted molar refractivity (Wildman–Crippen MR) is 58.3 cm³/mol. The highest BCUT2D eigenvalue weighted by molar-refractivity contribution is 5.83. The van der Waals surface area contributed by atoms with E-state index < -0.39 is 0 Å². The number of primary amides is 1. The Balaban J connectivity index is 2.55. The van der Waals surface area contributed by atoms with E-state index in [4.69, 9.17) is 5.73 Å². The van der Waals surface area contributed by atoms with Gasteiger partial charge >= 0.3 is 0 Å². The Bertz CT molecular complexity index is 253. The van der Waals surface area contributed by atoms with E-state index in [-0.39, 0.29) is 23.7 Å². The van der Waals surface area contributed by atoms with Gasteiger partial charge in [-0.2, -0.15) is 0 Å². The summed E-state index contributed by atoms with van der Waals surface area (Å²) in [6, 6.07) is -0.0721. The summed E-state index contributed by atoms with van der Waals surface area (Å²) in [5, 5.41) is 0. The van der Waals surface area contributed by atoms with Crippen LogP contribution in [0.15, 0.2) is 0 Å². The van der Waals surface area contributed by atoms with Gasteiger partial charge in [-0.1, -0.05) is 6.92 Å². The third kappa shape index (κ3) is 3.02. The molecule has 1 heterocycles. The molecule has 2 N–H and O–H groups in total. The van der Waals surface area contributed by atoms with E-state index in [1.54, 1.807) is 0 Å². The van der Waals surface area contributed by atoms with Crippen molar-refractivity contribution < 1.29 is 9.59 Å². The SMILES string of the molecule is CCC(=O)C(C)N1CCCC(C(N)=O)C1. The van der Waals surface area contributed by atoms with Gasteiger partial charge in [-0.25, -0.2) is 0 Å². The summed E-state index contributed by atoms with van der Waals surface area (Å²) in [5.74, 6) is -0.0816. The van der Waals surface area contributed by atoms with Crippen LogP contribution in [0.25, 0.3) is 0 Å². The summed E-state index contributed by atoms with van der Waals surface area (Å²) in [5.41, 5.74) is 5.29. The Morgan fingerprint density at radius 1 is 1.53 bits per heavy atom. The van der Waals surface area contributed by atoms with Crippen LogP contribution >= 0.6 is 0 Å².